The molecule has 2 bridgehead atoms. The smallest absolute Gasteiger partial charge is 0.217 e. The molecule has 2 aromatic rings. The molecule has 5 atom stereocenters. The third-order valence-corrected chi connectivity index (χ3v) is 5.75. The van der Waals surface area contributed by atoms with E-state index in [4.69, 9.17) is 9.73 Å². The lowest BCUT2D eigenvalue weighted by atomic mass is 9.80. The average Bonchev–Trinajstić information content (AvgIpc) is 3.24. The maximum Gasteiger partial charge on any atom is 0.217 e. The molecule has 24 heavy (non-hydrogen) atoms. The second-order valence-corrected chi connectivity index (χ2v) is 7.26. The van der Waals surface area contributed by atoms with Gasteiger partial charge in [-0.05, 0) is 37.0 Å². The molecule has 1 heterocycles. The van der Waals surface area contributed by atoms with E-state index < -0.39 is 0 Å². The van der Waals surface area contributed by atoms with Crippen molar-refractivity contribution < 1.29 is 4.74 Å². The van der Waals surface area contributed by atoms with Crippen LogP contribution in [-0.4, -0.2) is 12.0 Å². The summed E-state index contributed by atoms with van der Waals surface area (Å²) in [4.78, 5) is 5.07. The Labute approximate surface area is 142 Å². The summed E-state index contributed by atoms with van der Waals surface area (Å²) in [6.07, 6.45) is 6.22. The van der Waals surface area contributed by atoms with Crippen molar-refractivity contribution in [3.8, 4) is 0 Å². The molecule has 2 aliphatic carbocycles. The molecule has 0 spiro atoms. The molecule has 0 saturated heterocycles. The van der Waals surface area contributed by atoms with E-state index in [2.05, 4.69) is 73.7 Å². The summed E-state index contributed by atoms with van der Waals surface area (Å²) in [7, 11) is 0. The first-order valence-electron chi connectivity index (χ1n) is 8.84. The predicted molar refractivity (Wildman–Crippen MR) is 96.0 cm³/mol. The zero-order valence-corrected chi connectivity index (χ0v) is 13.8. The SMILES string of the molecule is Cc1ccc(C2=NC(c3ccccc3)C3C4C=CC(C4)C3O2)cc1. The van der Waals surface area contributed by atoms with Gasteiger partial charge in [-0.2, -0.15) is 0 Å². The van der Waals surface area contributed by atoms with Crippen LogP contribution in [0.5, 0.6) is 0 Å². The van der Waals surface area contributed by atoms with Gasteiger partial charge in [0.05, 0.1) is 6.04 Å². The van der Waals surface area contributed by atoms with Gasteiger partial charge in [0.25, 0.3) is 0 Å². The van der Waals surface area contributed by atoms with Crippen LogP contribution in [0.4, 0.5) is 0 Å². The van der Waals surface area contributed by atoms with E-state index in [9.17, 15) is 0 Å². The molecule has 3 aliphatic rings. The lowest BCUT2D eigenvalue weighted by molar-refractivity contribution is 0.0761. The van der Waals surface area contributed by atoms with Crippen molar-refractivity contribution in [3.05, 3.63) is 83.4 Å². The molecular formula is C22H21NO. The summed E-state index contributed by atoms with van der Waals surface area (Å²) in [6.45, 7) is 2.11. The number of ether oxygens (including phenoxy) is 1. The standard InChI is InChI=1S/C22H21NO/c1-14-7-9-16(10-8-14)22-23-20(15-5-3-2-4-6-15)19-17-11-12-18(13-17)21(19)24-22/h2-12,17-21H,13H2,1H3. The first-order valence-corrected chi connectivity index (χ1v) is 8.84. The molecule has 0 aromatic heterocycles. The second kappa shape index (κ2) is 5.34. The Hall–Kier alpha value is -2.35. The highest BCUT2D eigenvalue weighted by Gasteiger charge is 2.52. The van der Waals surface area contributed by atoms with Crippen molar-refractivity contribution in [2.75, 3.05) is 0 Å². The first kappa shape index (κ1) is 14.0. The number of hydrogen-bond acceptors (Lipinski definition) is 2. The summed E-state index contributed by atoms with van der Waals surface area (Å²) in [5, 5.41) is 0. The van der Waals surface area contributed by atoms with Crippen molar-refractivity contribution in [3.63, 3.8) is 0 Å². The monoisotopic (exact) mass is 315 g/mol. The molecule has 1 saturated carbocycles. The summed E-state index contributed by atoms with van der Waals surface area (Å²) in [5.41, 5.74) is 3.66. The van der Waals surface area contributed by atoms with Gasteiger partial charge in [0.1, 0.15) is 6.10 Å². The highest BCUT2D eigenvalue weighted by atomic mass is 16.5. The summed E-state index contributed by atoms with van der Waals surface area (Å²) in [5.74, 6) is 2.43. The fraction of sp³-hybridized carbons (Fsp3) is 0.318. The van der Waals surface area contributed by atoms with Crippen LogP contribution in [0.2, 0.25) is 0 Å². The zero-order chi connectivity index (χ0) is 16.1. The Balaban J connectivity index is 1.59. The molecule has 1 aliphatic heterocycles. The Kier molecular flexibility index (Phi) is 3.12. The predicted octanol–water partition coefficient (Wildman–Crippen LogP) is 4.70. The van der Waals surface area contributed by atoms with Gasteiger partial charge in [0, 0.05) is 17.4 Å². The Bertz CT molecular complexity index is 806. The molecule has 5 rings (SSSR count). The van der Waals surface area contributed by atoms with E-state index in [-0.39, 0.29) is 12.1 Å². The van der Waals surface area contributed by atoms with Crippen molar-refractivity contribution in [2.45, 2.75) is 25.5 Å². The Morgan fingerprint density at radius 2 is 1.67 bits per heavy atom. The molecule has 5 unspecified atom stereocenters. The largest absolute Gasteiger partial charge is 0.473 e. The zero-order valence-electron chi connectivity index (χ0n) is 13.8. The van der Waals surface area contributed by atoms with E-state index in [1.54, 1.807) is 0 Å². The highest BCUT2D eigenvalue weighted by molar-refractivity contribution is 5.95. The lowest BCUT2D eigenvalue weighted by Gasteiger charge is -2.37. The molecule has 1 fully saturated rings. The minimum absolute atomic E-state index is 0.196. The van der Waals surface area contributed by atoms with Crippen molar-refractivity contribution in [1.29, 1.82) is 0 Å². The highest BCUT2D eigenvalue weighted by Crippen LogP contribution is 2.53. The van der Waals surface area contributed by atoms with E-state index in [1.165, 1.54) is 17.5 Å². The molecular weight excluding hydrogens is 294 g/mol. The molecule has 2 heteroatoms. The van der Waals surface area contributed by atoms with Crippen LogP contribution in [0.25, 0.3) is 0 Å². The maximum atomic E-state index is 6.42. The Morgan fingerprint density at radius 1 is 0.917 bits per heavy atom. The number of allylic oxidation sites excluding steroid dienone is 1. The first-order chi connectivity index (χ1) is 11.8. The van der Waals surface area contributed by atoms with E-state index >= 15 is 0 Å². The fourth-order valence-corrected chi connectivity index (χ4v) is 4.55. The number of benzene rings is 2. The molecule has 120 valence electrons. The molecule has 0 amide bonds. The van der Waals surface area contributed by atoms with Crippen LogP contribution >= 0.6 is 0 Å². The van der Waals surface area contributed by atoms with Crippen molar-refractivity contribution in [2.24, 2.45) is 22.7 Å². The van der Waals surface area contributed by atoms with Crippen molar-refractivity contribution >= 4 is 5.90 Å². The number of fused-ring (bicyclic) bond motifs is 5. The summed E-state index contributed by atoms with van der Waals surface area (Å²) in [6, 6.07) is 19.4. The van der Waals surface area contributed by atoms with Crippen LogP contribution in [0.1, 0.15) is 29.2 Å². The van der Waals surface area contributed by atoms with E-state index in [1.807, 2.05) is 0 Å². The second-order valence-electron chi connectivity index (χ2n) is 7.26. The third kappa shape index (κ3) is 2.13. The van der Waals surface area contributed by atoms with Crippen LogP contribution in [-0.2, 0) is 4.74 Å². The van der Waals surface area contributed by atoms with Gasteiger partial charge in [0.15, 0.2) is 0 Å². The van der Waals surface area contributed by atoms with Gasteiger partial charge in [-0.3, -0.25) is 0 Å². The van der Waals surface area contributed by atoms with Crippen LogP contribution in [0.15, 0.2) is 71.7 Å². The molecule has 0 radical (unpaired) electrons. The van der Waals surface area contributed by atoms with E-state index in [0.29, 0.717) is 17.8 Å². The fourth-order valence-electron chi connectivity index (χ4n) is 4.55. The minimum atomic E-state index is 0.196. The normalized spacial score (nSPS) is 33.0. The van der Waals surface area contributed by atoms with Gasteiger partial charge in [-0.25, -0.2) is 4.99 Å². The Morgan fingerprint density at radius 3 is 2.46 bits per heavy atom. The number of aryl methyl sites for hydroxylation is 1. The topological polar surface area (TPSA) is 21.6 Å². The van der Waals surface area contributed by atoms with Gasteiger partial charge in [-0.15, -0.1) is 0 Å². The molecule has 2 aromatic carbocycles. The maximum absolute atomic E-state index is 6.42. The quantitative estimate of drug-likeness (QED) is 0.736. The van der Waals surface area contributed by atoms with Crippen LogP contribution in [0.3, 0.4) is 0 Å². The number of nitrogens with zero attached hydrogens (tertiary/aromatic N) is 1. The number of aliphatic imine (C=N–C) groups is 1. The van der Waals surface area contributed by atoms with Gasteiger partial charge >= 0.3 is 0 Å². The molecule has 0 N–H and O–H groups in total. The van der Waals surface area contributed by atoms with Crippen molar-refractivity contribution in [1.82, 2.24) is 0 Å². The van der Waals surface area contributed by atoms with Gasteiger partial charge < -0.3 is 4.74 Å². The summed E-state index contributed by atoms with van der Waals surface area (Å²) >= 11 is 0. The number of hydrogen-bond donors (Lipinski definition) is 0. The van der Waals surface area contributed by atoms with Gasteiger partial charge in [-0.1, -0.05) is 60.2 Å². The van der Waals surface area contributed by atoms with Gasteiger partial charge in [0.2, 0.25) is 5.90 Å². The minimum Gasteiger partial charge on any atom is -0.473 e. The molecule has 2 nitrogen and oxygen atoms in total. The third-order valence-electron chi connectivity index (χ3n) is 5.75. The summed E-state index contributed by atoms with van der Waals surface area (Å²) < 4.78 is 6.42. The van der Waals surface area contributed by atoms with E-state index in [0.717, 1.165) is 11.5 Å². The van der Waals surface area contributed by atoms with Crippen LogP contribution < -0.4 is 0 Å². The lowest BCUT2D eigenvalue weighted by Crippen LogP contribution is -2.38. The number of rotatable bonds is 2. The van der Waals surface area contributed by atoms with Crippen LogP contribution in [0, 0.1) is 24.7 Å². The average molecular weight is 315 g/mol.